The van der Waals surface area contributed by atoms with Gasteiger partial charge in [0.2, 0.25) is 0 Å². The Morgan fingerprint density at radius 3 is 2.68 bits per heavy atom. The van der Waals surface area contributed by atoms with Gasteiger partial charge in [0.15, 0.2) is 5.78 Å². The maximum Gasteiger partial charge on any atom is 0.161 e. The fraction of sp³-hybridized carbons (Fsp3) is 0.438. The first-order chi connectivity index (χ1) is 8.93. The fourth-order valence-corrected chi connectivity index (χ4v) is 3.47. The predicted molar refractivity (Wildman–Crippen MR) is 74.8 cm³/mol. The van der Waals surface area contributed by atoms with Gasteiger partial charge in [0.1, 0.15) is 5.75 Å². The van der Waals surface area contributed by atoms with Crippen LogP contribution in [-0.4, -0.2) is 10.9 Å². The second-order valence-corrected chi connectivity index (χ2v) is 6.21. The number of nitrogens with one attached hydrogen (secondary N) is 1. The maximum atomic E-state index is 12.1. The summed E-state index contributed by atoms with van der Waals surface area (Å²) < 4.78 is 0. The van der Waals surface area contributed by atoms with Crippen LogP contribution in [0.2, 0.25) is 0 Å². The Morgan fingerprint density at radius 1 is 1.37 bits per heavy atom. The summed E-state index contributed by atoms with van der Waals surface area (Å²) in [6.45, 7) is 6.38. The number of para-hydroxylation sites is 2. The molecule has 2 atom stereocenters. The fourth-order valence-electron chi connectivity index (χ4n) is 3.47. The molecular formula is C16H19NO2. The van der Waals surface area contributed by atoms with E-state index in [-0.39, 0.29) is 16.9 Å². The Labute approximate surface area is 113 Å². The van der Waals surface area contributed by atoms with Gasteiger partial charge in [-0.1, -0.05) is 26.0 Å². The molecule has 3 rings (SSSR count). The van der Waals surface area contributed by atoms with E-state index in [4.69, 9.17) is 0 Å². The van der Waals surface area contributed by atoms with Crippen molar-refractivity contribution in [1.82, 2.24) is 0 Å². The lowest BCUT2D eigenvalue weighted by atomic mass is 9.95. The van der Waals surface area contributed by atoms with Crippen LogP contribution in [0.5, 0.6) is 5.75 Å². The van der Waals surface area contributed by atoms with Gasteiger partial charge in [-0.05, 0) is 36.3 Å². The zero-order valence-corrected chi connectivity index (χ0v) is 11.5. The third-order valence-electron chi connectivity index (χ3n) is 4.70. The van der Waals surface area contributed by atoms with Crippen molar-refractivity contribution in [1.29, 1.82) is 0 Å². The largest absolute Gasteiger partial charge is 0.506 e. The zero-order chi connectivity index (χ0) is 13.8. The molecule has 1 aromatic carbocycles. The molecule has 19 heavy (non-hydrogen) atoms. The number of allylic oxidation sites excluding steroid dienone is 2. The Hall–Kier alpha value is -1.77. The second-order valence-electron chi connectivity index (χ2n) is 6.21. The minimum atomic E-state index is 0.208. The number of benzene rings is 1. The average molecular weight is 257 g/mol. The number of phenols is 1. The molecule has 0 heterocycles. The Bertz CT molecular complexity index is 586. The van der Waals surface area contributed by atoms with Crippen molar-refractivity contribution in [2.45, 2.75) is 27.2 Å². The Morgan fingerprint density at radius 2 is 2.05 bits per heavy atom. The van der Waals surface area contributed by atoms with Crippen molar-refractivity contribution < 1.29 is 9.90 Å². The van der Waals surface area contributed by atoms with Gasteiger partial charge in [0.05, 0.1) is 5.69 Å². The van der Waals surface area contributed by atoms with E-state index in [1.165, 1.54) is 0 Å². The van der Waals surface area contributed by atoms with Gasteiger partial charge in [-0.15, -0.1) is 0 Å². The van der Waals surface area contributed by atoms with Gasteiger partial charge in [-0.2, -0.15) is 0 Å². The number of phenolic OH excluding ortho intramolecular Hbond substituents is 1. The number of anilines is 1. The van der Waals surface area contributed by atoms with E-state index in [0.717, 1.165) is 11.3 Å². The number of Topliss-reactive ketones (excluding diaryl/α,β-unsaturated/α-hetero) is 1. The number of fused-ring (bicyclic) bond motifs is 1. The third kappa shape index (κ3) is 1.76. The number of carbonyl (C=O) groups is 1. The van der Waals surface area contributed by atoms with Crippen LogP contribution < -0.4 is 5.32 Å². The van der Waals surface area contributed by atoms with Gasteiger partial charge in [0.25, 0.3) is 0 Å². The number of ketones is 1. The molecule has 2 N–H and O–H groups in total. The topological polar surface area (TPSA) is 49.3 Å². The third-order valence-corrected chi connectivity index (χ3v) is 4.70. The molecular weight excluding hydrogens is 238 g/mol. The number of aromatic hydroxyl groups is 1. The van der Waals surface area contributed by atoms with E-state index in [0.29, 0.717) is 23.9 Å². The lowest BCUT2D eigenvalue weighted by Gasteiger charge is -2.15. The number of hydrogen-bond acceptors (Lipinski definition) is 3. The summed E-state index contributed by atoms with van der Waals surface area (Å²) in [6, 6.07) is 7.10. The Balaban J connectivity index is 1.91. The first kappa shape index (κ1) is 12.3. The van der Waals surface area contributed by atoms with Gasteiger partial charge < -0.3 is 10.4 Å². The molecule has 3 nitrogen and oxygen atoms in total. The molecule has 0 saturated heterocycles. The van der Waals surface area contributed by atoms with Crippen molar-refractivity contribution in [2.75, 3.05) is 5.32 Å². The van der Waals surface area contributed by atoms with Crippen LogP contribution >= 0.6 is 0 Å². The highest BCUT2D eigenvalue weighted by Crippen LogP contribution is 2.68. The van der Waals surface area contributed by atoms with Crippen LogP contribution in [0.3, 0.4) is 0 Å². The molecule has 0 spiro atoms. The molecule has 100 valence electrons. The van der Waals surface area contributed by atoms with Crippen molar-refractivity contribution in [3.8, 4) is 5.75 Å². The van der Waals surface area contributed by atoms with Gasteiger partial charge in [-0.3, -0.25) is 4.79 Å². The highest BCUT2D eigenvalue weighted by Gasteiger charge is 2.65. The molecule has 0 aliphatic heterocycles. The van der Waals surface area contributed by atoms with E-state index < -0.39 is 0 Å². The lowest BCUT2D eigenvalue weighted by Crippen LogP contribution is -2.12. The first-order valence-electron chi connectivity index (χ1n) is 6.72. The molecule has 2 saturated carbocycles. The van der Waals surface area contributed by atoms with Crippen molar-refractivity contribution in [2.24, 2.45) is 17.3 Å². The van der Waals surface area contributed by atoms with Crippen LogP contribution in [0.25, 0.3) is 0 Å². The summed E-state index contributed by atoms with van der Waals surface area (Å²) in [7, 11) is 0. The first-order valence-corrected chi connectivity index (χ1v) is 6.72. The summed E-state index contributed by atoms with van der Waals surface area (Å²) in [5.41, 5.74) is 2.72. The summed E-state index contributed by atoms with van der Waals surface area (Å²) in [6.07, 6.45) is 0.673. The highest BCUT2D eigenvalue weighted by atomic mass is 16.3. The second kappa shape index (κ2) is 3.86. The molecule has 2 aliphatic carbocycles. The quantitative estimate of drug-likeness (QED) is 0.631. The summed E-state index contributed by atoms with van der Waals surface area (Å²) in [5.74, 6) is 1.36. The van der Waals surface area contributed by atoms with Crippen LogP contribution in [0, 0.1) is 17.3 Å². The van der Waals surface area contributed by atoms with E-state index in [2.05, 4.69) is 19.2 Å². The van der Waals surface area contributed by atoms with Gasteiger partial charge >= 0.3 is 0 Å². The molecule has 0 unspecified atom stereocenters. The summed E-state index contributed by atoms with van der Waals surface area (Å²) >= 11 is 0. The summed E-state index contributed by atoms with van der Waals surface area (Å²) in [4.78, 5) is 12.1. The number of hydrogen-bond donors (Lipinski definition) is 2. The summed E-state index contributed by atoms with van der Waals surface area (Å²) in [5, 5.41) is 13.0. The van der Waals surface area contributed by atoms with E-state index >= 15 is 0 Å². The van der Waals surface area contributed by atoms with Crippen molar-refractivity contribution in [3.05, 3.63) is 35.5 Å². The minimum Gasteiger partial charge on any atom is -0.506 e. The van der Waals surface area contributed by atoms with Crippen LogP contribution in [-0.2, 0) is 4.79 Å². The molecule has 1 aromatic rings. The molecule has 0 amide bonds. The van der Waals surface area contributed by atoms with Gasteiger partial charge in [0, 0.05) is 17.7 Å². The van der Waals surface area contributed by atoms with Crippen LogP contribution in [0.4, 0.5) is 5.69 Å². The lowest BCUT2D eigenvalue weighted by molar-refractivity contribution is -0.115. The maximum absolute atomic E-state index is 12.1. The monoisotopic (exact) mass is 257 g/mol. The van der Waals surface area contributed by atoms with Crippen molar-refractivity contribution in [3.63, 3.8) is 0 Å². The van der Waals surface area contributed by atoms with Crippen LogP contribution in [0.1, 0.15) is 27.2 Å². The smallest absolute Gasteiger partial charge is 0.161 e. The Kier molecular flexibility index (Phi) is 2.49. The molecule has 0 bridgehead atoms. The molecule has 2 aliphatic rings. The van der Waals surface area contributed by atoms with Crippen molar-refractivity contribution >= 4 is 11.5 Å². The van der Waals surface area contributed by atoms with E-state index in [1.54, 1.807) is 12.1 Å². The molecule has 3 heteroatoms. The van der Waals surface area contributed by atoms with Crippen LogP contribution in [0.15, 0.2) is 35.5 Å². The number of carbonyl (C=O) groups excluding carboxylic acids is 1. The zero-order valence-electron chi connectivity index (χ0n) is 11.5. The predicted octanol–water partition coefficient (Wildman–Crippen LogP) is 3.32. The van der Waals surface area contributed by atoms with E-state index in [9.17, 15) is 9.90 Å². The SMILES string of the molecule is C/C(Nc1ccccc1O)=C1/C(=O)C[C@@H]2[C@H]1C2(C)C. The minimum absolute atomic E-state index is 0.208. The molecule has 0 radical (unpaired) electrons. The van der Waals surface area contributed by atoms with E-state index in [1.807, 2.05) is 19.1 Å². The molecule has 0 aromatic heterocycles. The average Bonchev–Trinajstić information content (AvgIpc) is 2.72. The standard InChI is InChI=1S/C16H19NO2/c1-9(17-11-6-4-5-7-12(11)18)14-13(19)8-10-15(14)16(10,2)3/h4-7,10,15,17-18H,8H2,1-3H3/b14-9+/t10-,15-/m1/s1. The van der Waals surface area contributed by atoms with Gasteiger partial charge in [-0.25, -0.2) is 0 Å². The molecule has 2 fully saturated rings. The highest BCUT2D eigenvalue weighted by molar-refractivity contribution is 6.01. The number of rotatable bonds is 2. The normalized spacial score (nSPS) is 29.9.